The summed E-state index contributed by atoms with van der Waals surface area (Å²) >= 11 is 0. The van der Waals surface area contributed by atoms with Crippen molar-refractivity contribution in [3.05, 3.63) is 71.9 Å². The second kappa shape index (κ2) is 8.98. The average molecular weight is 420 g/mol. The monoisotopic (exact) mass is 419 g/mol. The molecule has 2 aromatic carbocycles. The molecule has 0 aromatic heterocycles. The number of benzene rings is 2. The summed E-state index contributed by atoms with van der Waals surface area (Å²) in [5.74, 6) is 4.32. The third-order valence-corrected chi connectivity index (χ3v) is 7.31. The lowest BCUT2D eigenvalue weighted by Crippen LogP contribution is -2.15. The molecule has 2 saturated carbocycles. The quantitative estimate of drug-likeness (QED) is 0.450. The van der Waals surface area contributed by atoms with E-state index in [0.717, 1.165) is 37.5 Å². The van der Waals surface area contributed by atoms with E-state index in [1.54, 1.807) is 7.11 Å². The summed E-state index contributed by atoms with van der Waals surface area (Å²) in [6.45, 7) is 12.8. The predicted molar refractivity (Wildman–Crippen MR) is 128 cm³/mol. The molecular weight excluding hydrogens is 382 g/mol. The molecule has 2 fully saturated rings. The average Bonchev–Trinajstić information content (AvgIpc) is 3.65. The first-order chi connectivity index (χ1) is 14.9. The molecular formula is C28H37NO2. The maximum Gasteiger partial charge on any atom is 0.119 e. The van der Waals surface area contributed by atoms with E-state index in [-0.39, 0.29) is 5.41 Å². The lowest BCUT2D eigenvalue weighted by molar-refractivity contribution is 0.278. The standard InChI is InChI=1S/C28H37NO2/c1-6-9-19(2)29-17-22-16-25(22)20-10-7-13-24(14-20)31-18-26-27(28(26,3)4)21-11-8-12-23(15-21)30-5/h7-8,10-15,22,25-27,29H,2,6,9,16-18H2,1,3-5H3. The first-order valence-corrected chi connectivity index (χ1v) is 11.7. The van der Waals surface area contributed by atoms with E-state index >= 15 is 0 Å². The fourth-order valence-electron chi connectivity index (χ4n) is 5.12. The lowest BCUT2D eigenvalue weighted by atomic mass is 10.0. The normalized spacial score (nSPS) is 25.5. The van der Waals surface area contributed by atoms with Crippen molar-refractivity contribution in [3.63, 3.8) is 0 Å². The fraction of sp³-hybridized carbons (Fsp3) is 0.500. The Labute approximate surface area is 187 Å². The predicted octanol–water partition coefficient (Wildman–Crippen LogP) is 6.52. The van der Waals surface area contributed by atoms with Crippen molar-refractivity contribution in [2.24, 2.45) is 17.3 Å². The molecule has 2 aliphatic rings. The van der Waals surface area contributed by atoms with Gasteiger partial charge in [-0.05, 0) is 71.4 Å². The molecule has 2 aliphatic carbocycles. The van der Waals surface area contributed by atoms with Gasteiger partial charge in [0.2, 0.25) is 0 Å². The Morgan fingerprint density at radius 1 is 1.10 bits per heavy atom. The molecule has 0 saturated heterocycles. The van der Waals surface area contributed by atoms with Crippen LogP contribution in [0.2, 0.25) is 0 Å². The van der Waals surface area contributed by atoms with E-state index in [4.69, 9.17) is 9.47 Å². The summed E-state index contributed by atoms with van der Waals surface area (Å²) in [4.78, 5) is 0. The molecule has 3 nitrogen and oxygen atoms in total. The highest BCUT2D eigenvalue weighted by Crippen LogP contribution is 2.64. The third kappa shape index (κ3) is 4.92. The Kier molecular flexibility index (Phi) is 6.31. The van der Waals surface area contributed by atoms with Crippen molar-refractivity contribution in [2.75, 3.05) is 20.3 Å². The van der Waals surface area contributed by atoms with Gasteiger partial charge in [-0.25, -0.2) is 0 Å². The summed E-state index contributed by atoms with van der Waals surface area (Å²) in [5, 5.41) is 3.51. The second-order valence-corrected chi connectivity index (χ2v) is 9.90. The van der Waals surface area contributed by atoms with Crippen LogP contribution in [0.5, 0.6) is 11.5 Å². The molecule has 0 amide bonds. The Bertz CT molecular complexity index is 919. The molecule has 1 N–H and O–H groups in total. The molecule has 4 rings (SSSR count). The highest BCUT2D eigenvalue weighted by atomic mass is 16.5. The van der Waals surface area contributed by atoms with Gasteiger partial charge < -0.3 is 14.8 Å². The van der Waals surface area contributed by atoms with Crippen LogP contribution in [0.25, 0.3) is 0 Å². The van der Waals surface area contributed by atoms with Gasteiger partial charge in [0, 0.05) is 18.2 Å². The molecule has 0 aliphatic heterocycles. The third-order valence-electron chi connectivity index (χ3n) is 7.31. The summed E-state index contributed by atoms with van der Waals surface area (Å²) in [5.41, 5.74) is 4.18. The Hall–Kier alpha value is -2.42. The highest BCUT2D eigenvalue weighted by molar-refractivity contribution is 5.38. The number of hydrogen-bond donors (Lipinski definition) is 1. The molecule has 4 unspecified atom stereocenters. The molecule has 3 heteroatoms. The van der Waals surface area contributed by atoms with E-state index in [1.807, 2.05) is 6.07 Å². The largest absolute Gasteiger partial charge is 0.497 e. The van der Waals surface area contributed by atoms with Gasteiger partial charge in [0.15, 0.2) is 0 Å². The van der Waals surface area contributed by atoms with Crippen LogP contribution in [0.3, 0.4) is 0 Å². The van der Waals surface area contributed by atoms with Crippen molar-refractivity contribution in [2.45, 2.75) is 51.9 Å². The van der Waals surface area contributed by atoms with Gasteiger partial charge in [0.05, 0.1) is 13.7 Å². The molecule has 0 heterocycles. The fourth-order valence-corrected chi connectivity index (χ4v) is 5.12. The van der Waals surface area contributed by atoms with Crippen LogP contribution in [0, 0.1) is 17.3 Å². The number of methoxy groups -OCH3 is 1. The van der Waals surface area contributed by atoms with Gasteiger partial charge in [-0.3, -0.25) is 0 Å². The summed E-state index contributed by atoms with van der Waals surface area (Å²) in [6.07, 6.45) is 3.47. The van der Waals surface area contributed by atoms with Crippen molar-refractivity contribution in [3.8, 4) is 11.5 Å². The van der Waals surface area contributed by atoms with Crippen molar-refractivity contribution >= 4 is 0 Å². The van der Waals surface area contributed by atoms with Crippen molar-refractivity contribution in [1.29, 1.82) is 0 Å². The van der Waals surface area contributed by atoms with Crippen molar-refractivity contribution in [1.82, 2.24) is 5.32 Å². The Morgan fingerprint density at radius 2 is 1.81 bits per heavy atom. The van der Waals surface area contributed by atoms with E-state index in [2.05, 4.69) is 75.1 Å². The molecule has 4 atom stereocenters. The Balaban J connectivity index is 1.31. The number of ether oxygens (including phenoxy) is 2. The van der Waals surface area contributed by atoms with E-state index in [0.29, 0.717) is 23.7 Å². The van der Waals surface area contributed by atoms with Gasteiger partial charge in [-0.1, -0.05) is 58.0 Å². The van der Waals surface area contributed by atoms with E-state index in [9.17, 15) is 0 Å². The molecule has 0 spiro atoms. The van der Waals surface area contributed by atoms with E-state index < -0.39 is 0 Å². The minimum Gasteiger partial charge on any atom is -0.497 e. The molecule has 166 valence electrons. The zero-order valence-corrected chi connectivity index (χ0v) is 19.5. The minimum absolute atomic E-state index is 0.248. The van der Waals surface area contributed by atoms with Crippen LogP contribution in [0.4, 0.5) is 0 Å². The molecule has 31 heavy (non-hydrogen) atoms. The smallest absolute Gasteiger partial charge is 0.119 e. The molecule has 0 bridgehead atoms. The van der Waals surface area contributed by atoms with Crippen LogP contribution in [-0.4, -0.2) is 20.3 Å². The van der Waals surface area contributed by atoms with Crippen LogP contribution >= 0.6 is 0 Å². The number of rotatable bonds is 11. The minimum atomic E-state index is 0.248. The molecule has 0 radical (unpaired) electrons. The van der Waals surface area contributed by atoms with Gasteiger partial charge in [0.25, 0.3) is 0 Å². The first kappa shape index (κ1) is 21.8. The van der Waals surface area contributed by atoms with Crippen LogP contribution in [0.15, 0.2) is 60.8 Å². The zero-order chi connectivity index (χ0) is 22.0. The van der Waals surface area contributed by atoms with Gasteiger partial charge in [0.1, 0.15) is 11.5 Å². The van der Waals surface area contributed by atoms with Crippen molar-refractivity contribution < 1.29 is 9.47 Å². The number of nitrogens with one attached hydrogen (secondary N) is 1. The topological polar surface area (TPSA) is 30.5 Å². The Morgan fingerprint density at radius 3 is 2.55 bits per heavy atom. The highest BCUT2D eigenvalue weighted by Gasteiger charge is 2.58. The van der Waals surface area contributed by atoms with Gasteiger partial charge in [-0.15, -0.1) is 0 Å². The first-order valence-electron chi connectivity index (χ1n) is 11.7. The maximum absolute atomic E-state index is 6.30. The lowest BCUT2D eigenvalue weighted by Gasteiger charge is -2.10. The SMILES string of the molecule is C=C(CCC)NCC1CC1c1cccc(OCC2C(c3cccc(OC)c3)C2(C)C)c1. The van der Waals surface area contributed by atoms with Crippen LogP contribution in [-0.2, 0) is 0 Å². The van der Waals surface area contributed by atoms with Crippen LogP contribution in [0.1, 0.15) is 63.0 Å². The summed E-state index contributed by atoms with van der Waals surface area (Å²) in [6, 6.07) is 17.2. The second-order valence-electron chi connectivity index (χ2n) is 9.90. The zero-order valence-electron chi connectivity index (χ0n) is 19.5. The maximum atomic E-state index is 6.30. The summed E-state index contributed by atoms with van der Waals surface area (Å²) in [7, 11) is 1.73. The van der Waals surface area contributed by atoms with Gasteiger partial charge >= 0.3 is 0 Å². The summed E-state index contributed by atoms with van der Waals surface area (Å²) < 4.78 is 11.7. The number of allylic oxidation sites excluding steroid dienone is 1. The van der Waals surface area contributed by atoms with Gasteiger partial charge in [-0.2, -0.15) is 0 Å². The number of hydrogen-bond acceptors (Lipinski definition) is 3. The van der Waals surface area contributed by atoms with E-state index in [1.165, 1.54) is 23.2 Å². The molecule has 2 aromatic rings. The van der Waals surface area contributed by atoms with Crippen LogP contribution < -0.4 is 14.8 Å².